The Labute approximate surface area is 205 Å². The molecule has 11 heteroatoms. The molecule has 0 saturated carbocycles. The summed E-state index contributed by atoms with van der Waals surface area (Å²) in [5.74, 6) is 1.75. The number of halogens is 3. The number of benzene rings is 1. The highest BCUT2D eigenvalue weighted by Crippen LogP contribution is 2.47. The molecule has 2 aliphatic heterocycles. The molecule has 1 unspecified atom stereocenters. The minimum absolute atomic E-state index is 0.0764. The fraction of sp³-hybridized carbons (Fsp3) is 0.360. The largest absolute Gasteiger partial charge is 0.485 e. The van der Waals surface area contributed by atoms with Crippen molar-refractivity contribution >= 4 is 17.2 Å². The van der Waals surface area contributed by atoms with Crippen LogP contribution in [0.5, 0.6) is 5.75 Å². The number of imidazole rings is 1. The maximum atomic E-state index is 12.0. The molecule has 6 rings (SSSR count). The Kier molecular flexibility index (Phi) is 6.03. The minimum Gasteiger partial charge on any atom is -0.485 e. The van der Waals surface area contributed by atoms with Crippen molar-refractivity contribution in [3.8, 4) is 5.75 Å². The lowest BCUT2D eigenvalue weighted by atomic mass is 9.83. The van der Waals surface area contributed by atoms with Crippen LogP contribution in [-0.2, 0) is 6.18 Å². The number of alkyl halides is 3. The Hall–Kier alpha value is -3.73. The third-order valence-electron chi connectivity index (χ3n) is 6.64. The van der Waals surface area contributed by atoms with Gasteiger partial charge in [0.1, 0.15) is 17.0 Å². The van der Waals surface area contributed by atoms with Gasteiger partial charge in [-0.1, -0.05) is 24.3 Å². The predicted molar refractivity (Wildman–Crippen MR) is 129 cm³/mol. The number of ether oxygens (including phenoxy) is 1. The number of nitrogens with two attached hydrogens (primary N) is 1. The third kappa shape index (κ3) is 4.46. The first-order valence-corrected chi connectivity index (χ1v) is 11.6. The van der Waals surface area contributed by atoms with E-state index in [0.717, 1.165) is 60.7 Å². The molecule has 0 radical (unpaired) electrons. The van der Waals surface area contributed by atoms with E-state index in [1.165, 1.54) is 19.1 Å². The van der Waals surface area contributed by atoms with Crippen molar-refractivity contribution in [2.75, 3.05) is 18.0 Å². The van der Waals surface area contributed by atoms with Crippen LogP contribution in [0.25, 0.3) is 11.3 Å². The van der Waals surface area contributed by atoms with Crippen LogP contribution in [0, 0.1) is 13.8 Å². The van der Waals surface area contributed by atoms with Crippen LogP contribution in [0.15, 0.2) is 48.8 Å². The van der Waals surface area contributed by atoms with Gasteiger partial charge < -0.3 is 20.4 Å². The van der Waals surface area contributed by atoms with Crippen molar-refractivity contribution in [1.29, 1.82) is 0 Å². The first-order chi connectivity index (χ1) is 17.2. The van der Waals surface area contributed by atoms with Gasteiger partial charge in [-0.3, -0.25) is 4.98 Å². The van der Waals surface area contributed by atoms with E-state index in [4.69, 9.17) is 10.5 Å². The number of para-hydroxylation sites is 1. The summed E-state index contributed by atoms with van der Waals surface area (Å²) in [6.07, 6.45) is 0.265. The Bertz CT molecular complexity index is 1380. The molecule has 5 heterocycles. The molecule has 1 saturated heterocycles. The van der Waals surface area contributed by atoms with Gasteiger partial charge in [0.15, 0.2) is 11.3 Å². The number of rotatable bonds is 1. The summed E-state index contributed by atoms with van der Waals surface area (Å²) >= 11 is 0. The van der Waals surface area contributed by atoms with E-state index in [1.807, 2.05) is 25.1 Å². The van der Waals surface area contributed by atoms with Crippen molar-refractivity contribution in [2.45, 2.75) is 44.5 Å². The highest BCUT2D eigenvalue weighted by molar-refractivity contribution is 5.69. The molecule has 1 spiro atoms. The Balaban J connectivity index is 0.000000205. The maximum Gasteiger partial charge on any atom is 0.433 e. The lowest BCUT2D eigenvalue weighted by Gasteiger charge is -2.40. The normalized spacial score (nSPS) is 18.5. The minimum atomic E-state index is -4.33. The van der Waals surface area contributed by atoms with Crippen molar-refractivity contribution in [3.05, 3.63) is 71.3 Å². The van der Waals surface area contributed by atoms with Gasteiger partial charge in [-0.2, -0.15) is 18.2 Å². The third-order valence-corrected chi connectivity index (χ3v) is 6.64. The predicted octanol–water partition coefficient (Wildman–Crippen LogP) is 4.50. The number of pyridine rings is 1. The van der Waals surface area contributed by atoms with Crippen LogP contribution in [0.1, 0.15) is 41.4 Å². The van der Waals surface area contributed by atoms with Crippen LogP contribution < -0.4 is 15.4 Å². The number of fused-ring (bicyclic) bond motifs is 2. The summed E-state index contributed by atoms with van der Waals surface area (Å²) in [5.41, 5.74) is 8.95. The summed E-state index contributed by atoms with van der Waals surface area (Å²) < 4.78 is 42.3. The number of H-pyrrole nitrogens is 1. The zero-order valence-corrected chi connectivity index (χ0v) is 19.9. The van der Waals surface area contributed by atoms with E-state index in [1.54, 1.807) is 6.20 Å². The Morgan fingerprint density at radius 1 is 1.06 bits per heavy atom. The Morgan fingerprint density at radius 3 is 2.47 bits per heavy atom. The summed E-state index contributed by atoms with van der Waals surface area (Å²) in [4.78, 5) is 22.1. The van der Waals surface area contributed by atoms with Crippen LogP contribution in [0.2, 0.25) is 0 Å². The number of anilines is 1. The van der Waals surface area contributed by atoms with Gasteiger partial charge in [0.25, 0.3) is 0 Å². The number of aryl methyl sites for hydroxylation is 2. The first-order valence-electron chi connectivity index (χ1n) is 11.6. The molecule has 4 aromatic rings. The monoisotopic (exact) mass is 497 g/mol. The zero-order chi connectivity index (χ0) is 25.5. The first kappa shape index (κ1) is 24.0. The molecular formula is C25H26F3N7O. The van der Waals surface area contributed by atoms with Gasteiger partial charge in [-0.15, -0.1) is 0 Å². The van der Waals surface area contributed by atoms with E-state index in [9.17, 15) is 13.2 Å². The highest BCUT2D eigenvalue weighted by atomic mass is 19.4. The average molecular weight is 498 g/mol. The smallest absolute Gasteiger partial charge is 0.433 e. The molecule has 36 heavy (non-hydrogen) atoms. The van der Waals surface area contributed by atoms with E-state index >= 15 is 0 Å². The molecule has 2 aliphatic rings. The fourth-order valence-corrected chi connectivity index (χ4v) is 4.71. The number of hydrogen-bond donors (Lipinski definition) is 2. The Morgan fingerprint density at radius 2 is 1.81 bits per heavy atom. The van der Waals surface area contributed by atoms with Crippen LogP contribution >= 0.6 is 0 Å². The van der Waals surface area contributed by atoms with Crippen molar-refractivity contribution < 1.29 is 17.9 Å². The van der Waals surface area contributed by atoms with Crippen LogP contribution in [-0.4, -0.2) is 43.6 Å². The van der Waals surface area contributed by atoms with Gasteiger partial charge in [0.05, 0.1) is 17.9 Å². The number of aromatic amines is 1. The van der Waals surface area contributed by atoms with E-state index in [0.29, 0.717) is 5.65 Å². The molecular weight excluding hydrogens is 471 g/mol. The second-order valence-corrected chi connectivity index (χ2v) is 9.08. The molecule has 1 aromatic carbocycles. The standard InChI is InChI=1S/C18H20N6O.C7H6F3N/c1-11-10-20-15-16(21-11)23-17(22-15)24-8-6-18(7-9-24)14(19)12-4-2-3-5-13(12)25-18;1-5-3-2-4-11-6(5)7(8,9)10/h2-5,10,14H,6-9,19H2,1H3,(H,20,21,22,23);2-4H,1H3. The molecule has 8 nitrogen and oxygen atoms in total. The summed E-state index contributed by atoms with van der Waals surface area (Å²) in [5, 5.41) is 0. The molecule has 0 aliphatic carbocycles. The fourth-order valence-electron chi connectivity index (χ4n) is 4.71. The van der Waals surface area contributed by atoms with Gasteiger partial charge >= 0.3 is 6.18 Å². The summed E-state index contributed by atoms with van der Waals surface area (Å²) in [6, 6.07) is 10.9. The number of nitrogens with one attached hydrogen (secondary N) is 1. The number of nitrogens with zero attached hydrogens (tertiary/aromatic N) is 5. The molecule has 3 N–H and O–H groups in total. The number of aromatic nitrogens is 5. The summed E-state index contributed by atoms with van der Waals surface area (Å²) in [7, 11) is 0. The SMILES string of the molecule is Cc1cccnc1C(F)(F)F.Cc1cnc2nc(N3CCC4(CC3)Oc3ccccc3C4N)[nH]c2n1. The van der Waals surface area contributed by atoms with Gasteiger partial charge in [-0.05, 0) is 31.5 Å². The molecule has 1 fully saturated rings. The van der Waals surface area contributed by atoms with Crippen molar-refractivity contribution in [3.63, 3.8) is 0 Å². The van der Waals surface area contributed by atoms with Gasteiger partial charge in [-0.25, -0.2) is 9.97 Å². The van der Waals surface area contributed by atoms with Crippen molar-refractivity contribution in [2.24, 2.45) is 5.73 Å². The lowest BCUT2D eigenvalue weighted by molar-refractivity contribution is -0.141. The maximum absolute atomic E-state index is 12.0. The highest BCUT2D eigenvalue weighted by Gasteiger charge is 2.48. The molecule has 3 aromatic heterocycles. The van der Waals surface area contributed by atoms with Crippen LogP contribution in [0.3, 0.4) is 0 Å². The van der Waals surface area contributed by atoms with Gasteiger partial charge in [0.2, 0.25) is 5.95 Å². The topological polar surface area (TPSA) is 106 Å². The number of piperidine rings is 1. The van der Waals surface area contributed by atoms with Crippen LogP contribution in [0.4, 0.5) is 19.1 Å². The average Bonchev–Trinajstić information content (AvgIpc) is 3.38. The van der Waals surface area contributed by atoms with Gasteiger partial charge in [0, 0.05) is 37.7 Å². The molecule has 0 amide bonds. The number of hydrogen-bond acceptors (Lipinski definition) is 7. The molecule has 188 valence electrons. The second kappa shape index (κ2) is 9.05. The molecule has 1 atom stereocenters. The lowest BCUT2D eigenvalue weighted by Crippen LogP contribution is -2.51. The zero-order valence-electron chi connectivity index (χ0n) is 19.9. The second-order valence-electron chi connectivity index (χ2n) is 9.08. The van der Waals surface area contributed by atoms with Crippen molar-refractivity contribution in [1.82, 2.24) is 24.9 Å². The van der Waals surface area contributed by atoms with E-state index < -0.39 is 11.9 Å². The quantitative estimate of drug-likeness (QED) is 0.399. The molecule has 0 bridgehead atoms. The van der Waals surface area contributed by atoms with E-state index in [-0.39, 0.29) is 17.2 Å². The van der Waals surface area contributed by atoms with E-state index in [2.05, 4.69) is 35.9 Å². The summed E-state index contributed by atoms with van der Waals surface area (Å²) in [6.45, 7) is 4.98.